The molecule has 4 nitrogen and oxygen atoms in total. The number of rotatable bonds is 6. The van der Waals surface area contributed by atoms with Gasteiger partial charge in [0, 0.05) is 61.2 Å². The van der Waals surface area contributed by atoms with Crippen molar-refractivity contribution in [2.24, 2.45) is 0 Å². The molecule has 0 spiro atoms. The van der Waals surface area contributed by atoms with Gasteiger partial charge < -0.3 is 8.83 Å². The van der Waals surface area contributed by atoms with Gasteiger partial charge >= 0.3 is 0 Å². The summed E-state index contributed by atoms with van der Waals surface area (Å²) in [5.41, 5.74) is 17.2. The molecular formula is C58H34N2O2S. The van der Waals surface area contributed by atoms with Crippen LogP contribution in [0, 0.1) is 0 Å². The maximum atomic E-state index is 6.10. The lowest BCUT2D eigenvalue weighted by atomic mass is 9.95. The van der Waals surface area contributed by atoms with E-state index in [1.54, 1.807) is 17.5 Å². The summed E-state index contributed by atoms with van der Waals surface area (Å²) in [5, 5.41) is 6.84. The van der Waals surface area contributed by atoms with Crippen LogP contribution in [-0.2, 0) is 0 Å². The van der Waals surface area contributed by atoms with E-state index in [0.717, 1.165) is 83.0 Å². The van der Waals surface area contributed by atoms with Crippen molar-refractivity contribution in [2.45, 2.75) is 0 Å². The molecule has 0 saturated carbocycles. The monoisotopic (exact) mass is 822 g/mol. The Morgan fingerprint density at radius 1 is 0.302 bits per heavy atom. The molecule has 0 N–H and O–H groups in total. The standard InChI is InChI=1S/C58H34N2O2S/c1-2-16-53-46(15-1)47-29-42(17-20-54(47)61-53)38-10-5-9-37(27-38)41-13-6-14-45(28-41)52-32-50-49-31-44(19-22-57(49)63-58(50)34-60-52)40-12-4-8-36(26-40)35-7-3-11-39(25-35)43-18-21-55-48(30-43)51-33-59-24-23-56(51)62-55/h1-34H. The van der Waals surface area contributed by atoms with E-state index >= 15 is 0 Å². The minimum atomic E-state index is 0.854. The molecule has 5 aromatic heterocycles. The van der Waals surface area contributed by atoms with Crippen LogP contribution in [0.4, 0.5) is 0 Å². The second-order valence-corrected chi connectivity index (χ2v) is 17.3. The molecule has 0 atom stereocenters. The van der Waals surface area contributed by atoms with Gasteiger partial charge in [-0.2, -0.15) is 0 Å². The summed E-state index contributed by atoms with van der Waals surface area (Å²) in [6.07, 6.45) is 5.69. The van der Waals surface area contributed by atoms with Crippen molar-refractivity contribution in [3.63, 3.8) is 0 Å². The van der Waals surface area contributed by atoms with E-state index in [4.69, 9.17) is 13.8 Å². The summed E-state index contributed by atoms with van der Waals surface area (Å²) >= 11 is 1.79. The number of benzene rings is 8. The first-order valence-corrected chi connectivity index (χ1v) is 21.9. The lowest BCUT2D eigenvalue weighted by Gasteiger charge is -2.09. The van der Waals surface area contributed by atoms with Crippen molar-refractivity contribution in [2.75, 3.05) is 0 Å². The smallest absolute Gasteiger partial charge is 0.138 e. The molecule has 0 saturated heterocycles. The molecule has 8 aromatic carbocycles. The van der Waals surface area contributed by atoms with Gasteiger partial charge in [-0.3, -0.25) is 9.97 Å². The molecule has 294 valence electrons. The third-order valence-electron chi connectivity index (χ3n) is 12.4. The molecule has 0 radical (unpaired) electrons. The SMILES string of the molecule is c1cc(-c2cccc(-c3cc4c(cn3)sc3ccc(-c5cccc(-c6cccc(-c7ccc8oc9ccncc9c8c7)c6)c5)cc34)c2)cc(-c2ccc3oc4ccccc4c3c2)c1. The van der Waals surface area contributed by atoms with Crippen molar-refractivity contribution >= 4 is 75.4 Å². The van der Waals surface area contributed by atoms with E-state index in [2.05, 4.69) is 175 Å². The Morgan fingerprint density at radius 3 is 1.38 bits per heavy atom. The van der Waals surface area contributed by atoms with Gasteiger partial charge in [-0.25, -0.2) is 0 Å². The van der Waals surface area contributed by atoms with Gasteiger partial charge in [0.1, 0.15) is 22.3 Å². The van der Waals surface area contributed by atoms with Crippen LogP contribution >= 0.6 is 11.3 Å². The van der Waals surface area contributed by atoms with E-state index in [0.29, 0.717) is 0 Å². The third kappa shape index (κ3) is 6.12. The fourth-order valence-corrected chi connectivity index (χ4v) is 10.3. The Balaban J connectivity index is 0.813. The molecule has 0 amide bonds. The van der Waals surface area contributed by atoms with Crippen LogP contribution in [0.5, 0.6) is 0 Å². The Kier molecular flexibility index (Phi) is 8.05. The summed E-state index contributed by atoms with van der Waals surface area (Å²) < 4.78 is 14.6. The first kappa shape index (κ1) is 35.6. The number of aromatic nitrogens is 2. The van der Waals surface area contributed by atoms with Gasteiger partial charge in [0.15, 0.2) is 0 Å². The van der Waals surface area contributed by atoms with Crippen molar-refractivity contribution in [3.8, 4) is 66.9 Å². The van der Waals surface area contributed by atoms with Crippen molar-refractivity contribution in [1.29, 1.82) is 0 Å². The molecule has 0 aliphatic heterocycles. The highest BCUT2D eigenvalue weighted by Crippen LogP contribution is 2.40. The van der Waals surface area contributed by atoms with Crippen LogP contribution in [0.3, 0.4) is 0 Å². The predicted molar refractivity (Wildman–Crippen MR) is 262 cm³/mol. The Labute approximate surface area is 366 Å². The zero-order valence-electron chi connectivity index (χ0n) is 33.7. The Morgan fingerprint density at radius 2 is 0.762 bits per heavy atom. The zero-order valence-corrected chi connectivity index (χ0v) is 34.6. The quantitative estimate of drug-likeness (QED) is 0.168. The fourth-order valence-electron chi connectivity index (χ4n) is 9.22. The van der Waals surface area contributed by atoms with Crippen molar-refractivity contribution < 1.29 is 8.83 Å². The van der Waals surface area contributed by atoms with Gasteiger partial charge in [0.25, 0.3) is 0 Å². The van der Waals surface area contributed by atoms with Crippen molar-refractivity contribution in [1.82, 2.24) is 9.97 Å². The summed E-state index contributed by atoms with van der Waals surface area (Å²) in [6, 6.07) is 67.3. The molecule has 0 unspecified atom stereocenters. The van der Waals surface area contributed by atoms with Crippen molar-refractivity contribution in [3.05, 3.63) is 207 Å². The largest absolute Gasteiger partial charge is 0.456 e. The van der Waals surface area contributed by atoms with Crippen LogP contribution in [0.15, 0.2) is 215 Å². The summed E-state index contributed by atoms with van der Waals surface area (Å²) in [6.45, 7) is 0. The number of hydrogen-bond acceptors (Lipinski definition) is 5. The molecule has 0 aliphatic rings. The lowest BCUT2D eigenvalue weighted by Crippen LogP contribution is -1.86. The highest BCUT2D eigenvalue weighted by Gasteiger charge is 2.14. The zero-order chi connectivity index (χ0) is 41.4. The molecule has 5 heteroatoms. The van der Waals surface area contributed by atoms with Gasteiger partial charge in [-0.15, -0.1) is 11.3 Å². The Hall–Kier alpha value is -8.12. The van der Waals surface area contributed by atoms with E-state index in [1.165, 1.54) is 48.0 Å². The lowest BCUT2D eigenvalue weighted by molar-refractivity contribution is 0.668. The second kappa shape index (κ2) is 14.2. The fraction of sp³-hybridized carbons (Fsp3) is 0. The van der Waals surface area contributed by atoms with Crippen LogP contribution in [0.1, 0.15) is 0 Å². The topological polar surface area (TPSA) is 52.1 Å². The Bertz CT molecular complexity index is 3690. The summed E-state index contributed by atoms with van der Waals surface area (Å²) in [7, 11) is 0. The second-order valence-electron chi connectivity index (χ2n) is 16.2. The number of pyridine rings is 2. The first-order chi connectivity index (χ1) is 31.1. The average Bonchev–Trinajstić information content (AvgIpc) is 4.04. The predicted octanol–water partition coefficient (Wildman–Crippen LogP) is 16.6. The molecule has 0 bridgehead atoms. The molecule has 0 aliphatic carbocycles. The summed E-state index contributed by atoms with van der Waals surface area (Å²) in [4.78, 5) is 9.33. The summed E-state index contributed by atoms with van der Waals surface area (Å²) in [5.74, 6) is 0. The molecule has 0 fully saturated rings. The average molecular weight is 823 g/mol. The number of fused-ring (bicyclic) bond motifs is 9. The molecular weight excluding hydrogens is 789 g/mol. The highest BCUT2D eigenvalue weighted by atomic mass is 32.1. The van der Waals surface area contributed by atoms with Gasteiger partial charge in [-0.1, -0.05) is 109 Å². The minimum Gasteiger partial charge on any atom is -0.456 e. The van der Waals surface area contributed by atoms with E-state index < -0.39 is 0 Å². The number of thiophene rings is 1. The molecule has 5 heterocycles. The van der Waals surface area contributed by atoms with E-state index in [1.807, 2.05) is 30.6 Å². The molecule has 63 heavy (non-hydrogen) atoms. The number of nitrogens with zero attached hydrogens (tertiary/aromatic N) is 2. The maximum Gasteiger partial charge on any atom is 0.138 e. The molecule has 13 rings (SSSR count). The van der Waals surface area contributed by atoms with Gasteiger partial charge in [-0.05, 0) is 134 Å². The minimum absolute atomic E-state index is 0.854. The van der Waals surface area contributed by atoms with E-state index in [9.17, 15) is 0 Å². The highest BCUT2D eigenvalue weighted by molar-refractivity contribution is 7.25. The van der Waals surface area contributed by atoms with E-state index in [-0.39, 0.29) is 0 Å². The van der Waals surface area contributed by atoms with Crippen LogP contribution in [0.25, 0.3) is 131 Å². The maximum absolute atomic E-state index is 6.10. The van der Waals surface area contributed by atoms with Gasteiger partial charge in [0.05, 0.1) is 10.4 Å². The first-order valence-electron chi connectivity index (χ1n) is 21.1. The normalized spacial score (nSPS) is 11.8. The van der Waals surface area contributed by atoms with Crippen LogP contribution in [-0.4, -0.2) is 9.97 Å². The molecule has 13 aromatic rings. The van der Waals surface area contributed by atoms with Crippen LogP contribution < -0.4 is 0 Å². The van der Waals surface area contributed by atoms with Gasteiger partial charge in [0.2, 0.25) is 0 Å². The van der Waals surface area contributed by atoms with Crippen LogP contribution in [0.2, 0.25) is 0 Å². The number of para-hydroxylation sites is 1. The third-order valence-corrected chi connectivity index (χ3v) is 13.5. The number of furan rings is 2. The number of hydrogen-bond donors (Lipinski definition) is 0.